The largest absolute Gasteiger partial charge is 0.574 e. The monoisotopic (exact) mass is 314 g/mol. The van der Waals surface area contributed by atoms with Crippen LogP contribution in [0.5, 0.6) is 5.88 Å². The van der Waals surface area contributed by atoms with Crippen molar-refractivity contribution in [2.45, 2.75) is 26.3 Å². The van der Waals surface area contributed by atoms with E-state index in [4.69, 9.17) is 5.73 Å². The van der Waals surface area contributed by atoms with E-state index in [-0.39, 0.29) is 6.61 Å². The molecule has 118 valence electrons. The summed E-state index contributed by atoms with van der Waals surface area (Å²) in [5.74, 6) is -2.27. The fourth-order valence-corrected chi connectivity index (χ4v) is 1.53. The van der Waals surface area contributed by atoms with Crippen molar-refractivity contribution in [1.29, 1.82) is 0 Å². The predicted molar refractivity (Wildman–Crippen MR) is 59.7 cm³/mol. The van der Waals surface area contributed by atoms with Gasteiger partial charge < -0.3 is 15.2 Å². The van der Waals surface area contributed by atoms with Gasteiger partial charge in [0, 0.05) is 12.6 Å². The molecule has 5 nitrogen and oxygen atoms in total. The zero-order valence-corrected chi connectivity index (χ0v) is 10.7. The number of aromatic nitrogens is 1. The summed E-state index contributed by atoms with van der Waals surface area (Å²) in [7, 11) is 0. The lowest BCUT2D eigenvalue weighted by Crippen LogP contribution is -2.21. The maximum absolute atomic E-state index is 13.0. The van der Waals surface area contributed by atoms with E-state index < -0.39 is 48.0 Å². The number of carbonyl (C=O) groups is 1. The van der Waals surface area contributed by atoms with E-state index >= 15 is 0 Å². The molecule has 0 aromatic carbocycles. The Morgan fingerprint density at radius 3 is 2.48 bits per heavy atom. The fourth-order valence-electron chi connectivity index (χ4n) is 1.53. The molecule has 0 radical (unpaired) electrons. The first-order chi connectivity index (χ1) is 9.69. The van der Waals surface area contributed by atoms with Crippen molar-refractivity contribution in [2.75, 3.05) is 6.61 Å². The minimum absolute atomic E-state index is 0.142. The number of pyridine rings is 1. The number of esters is 1. The molecule has 0 fully saturated rings. The third-order valence-electron chi connectivity index (χ3n) is 2.24. The van der Waals surface area contributed by atoms with E-state index in [1.54, 1.807) is 0 Å². The Labute approximate surface area is 115 Å². The lowest BCUT2D eigenvalue weighted by atomic mass is 10.1. The van der Waals surface area contributed by atoms with E-state index in [9.17, 15) is 26.7 Å². The van der Waals surface area contributed by atoms with E-state index in [0.29, 0.717) is 6.07 Å². The van der Waals surface area contributed by atoms with Crippen LogP contribution in [0.2, 0.25) is 0 Å². The summed E-state index contributed by atoms with van der Waals surface area (Å²) < 4.78 is 70.5. The van der Waals surface area contributed by atoms with Crippen molar-refractivity contribution < 1.29 is 36.2 Å². The molecule has 0 saturated carbocycles. The highest BCUT2D eigenvalue weighted by molar-refractivity contribution is 5.91. The van der Waals surface area contributed by atoms with Gasteiger partial charge in [0.15, 0.2) is 0 Å². The second-order valence-corrected chi connectivity index (χ2v) is 3.64. The molecule has 0 aliphatic heterocycles. The van der Waals surface area contributed by atoms with Crippen molar-refractivity contribution in [3.8, 4) is 5.88 Å². The minimum atomic E-state index is -5.09. The van der Waals surface area contributed by atoms with Crippen LogP contribution < -0.4 is 10.5 Å². The topological polar surface area (TPSA) is 74.4 Å². The molecule has 1 heterocycles. The van der Waals surface area contributed by atoms with Gasteiger partial charge >= 0.3 is 12.3 Å². The van der Waals surface area contributed by atoms with Gasteiger partial charge in [0.05, 0.1) is 23.4 Å². The molecule has 0 aliphatic rings. The molecule has 0 aliphatic carbocycles. The summed E-state index contributed by atoms with van der Waals surface area (Å²) in [6, 6.07) is 0.451. The van der Waals surface area contributed by atoms with Gasteiger partial charge in [-0.1, -0.05) is 0 Å². The number of nitrogens with two attached hydrogens (primary N) is 1. The van der Waals surface area contributed by atoms with Crippen molar-refractivity contribution in [3.05, 3.63) is 22.9 Å². The zero-order valence-electron chi connectivity index (χ0n) is 10.7. The zero-order chi connectivity index (χ0) is 16.2. The molecule has 21 heavy (non-hydrogen) atoms. The Morgan fingerprint density at radius 2 is 2.05 bits per heavy atom. The highest BCUT2D eigenvalue weighted by atomic mass is 19.4. The van der Waals surface area contributed by atoms with E-state index in [1.165, 1.54) is 6.92 Å². The SMILES string of the molecule is CCOC(=O)c1cc(OC(F)(F)F)nc(CN)c1C(F)F. The first-order valence-electron chi connectivity index (χ1n) is 5.64. The van der Waals surface area contributed by atoms with Crippen LogP contribution in [0.1, 0.15) is 35.0 Å². The Balaban J connectivity index is 3.40. The molecule has 1 aromatic rings. The van der Waals surface area contributed by atoms with E-state index in [0.717, 1.165) is 0 Å². The van der Waals surface area contributed by atoms with E-state index in [2.05, 4.69) is 14.5 Å². The highest BCUT2D eigenvalue weighted by Gasteiger charge is 2.34. The summed E-state index contributed by atoms with van der Waals surface area (Å²) in [6.45, 7) is 0.677. The van der Waals surface area contributed by atoms with Gasteiger partial charge in [-0.3, -0.25) is 0 Å². The average molecular weight is 314 g/mol. The van der Waals surface area contributed by atoms with Gasteiger partial charge in [0.1, 0.15) is 0 Å². The molecule has 1 rings (SSSR count). The van der Waals surface area contributed by atoms with Gasteiger partial charge in [-0.25, -0.2) is 18.6 Å². The van der Waals surface area contributed by atoms with Crippen LogP contribution in [0.15, 0.2) is 6.07 Å². The third kappa shape index (κ3) is 4.52. The average Bonchev–Trinajstić information content (AvgIpc) is 2.35. The molecule has 0 spiro atoms. The Kier molecular flexibility index (Phi) is 5.41. The fraction of sp³-hybridized carbons (Fsp3) is 0.455. The summed E-state index contributed by atoms with van der Waals surface area (Å²) in [5, 5.41) is 0. The first-order valence-corrected chi connectivity index (χ1v) is 5.64. The van der Waals surface area contributed by atoms with Crippen molar-refractivity contribution >= 4 is 5.97 Å². The first kappa shape index (κ1) is 17.1. The van der Waals surface area contributed by atoms with Gasteiger partial charge in [0.2, 0.25) is 5.88 Å². The number of ether oxygens (including phenoxy) is 2. The summed E-state index contributed by atoms with van der Waals surface area (Å²) in [5.41, 5.74) is 2.97. The number of carbonyl (C=O) groups excluding carboxylic acids is 1. The summed E-state index contributed by atoms with van der Waals surface area (Å²) in [6.07, 6.45) is -8.24. The molecule has 2 N–H and O–H groups in total. The van der Waals surface area contributed by atoms with Gasteiger partial charge in [0.25, 0.3) is 6.43 Å². The number of hydrogen-bond acceptors (Lipinski definition) is 5. The highest BCUT2D eigenvalue weighted by Crippen LogP contribution is 2.31. The van der Waals surface area contributed by atoms with Crippen LogP contribution >= 0.6 is 0 Å². The van der Waals surface area contributed by atoms with Crippen LogP contribution in [0, 0.1) is 0 Å². The number of alkyl halides is 5. The Morgan fingerprint density at radius 1 is 1.43 bits per heavy atom. The van der Waals surface area contributed by atoms with Crippen molar-refractivity contribution in [2.24, 2.45) is 5.73 Å². The van der Waals surface area contributed by atoms with Gasteiger partial charge in [-0.2, -0.15) is 0 Å². The Bertz CT molecular complexity index is 519. The molecular formula is C11H11F5N2O3. The van der Waals surface area contributed by atoms with Gasteiger partial charge in [-0.05, 0) is 6.92 Å². The Hall–Kier alpha value is -1.97. The van der Waals surface area contributed by atoms with Gasteiger partial charge in [-0.15, -0.1) is 13.2 Å². The maximum Gasteiger partial charge on any atom is 0.574 e. The molecule has 10 heteroatoms. The molecule has 1 aromatic heterocycles. The maximum atomic E-state index is 13.0. The second-order valence-electron chi connectivity index (χ2n) is 3.64. The molecule has 0 bridgehead atoms. The molecular weight excluding hydrogens is 303 g/mol. The van der Waals surface area contributed by atoms with Crippen LogP contribution in [-0.4, -0.2) is 23.9 Å². The van der Waals surface area contributed by atoms with Crippen LogP contribution in [0.25, 0.3) is 0 Å². The molecule has 0 unspecified atom stereocenters. The smallest absolute Gasteiger partial charge is 0.462 e. The van der Waals surface area contributed by atoms with Crippen molar-refractivity contribution in [3.63, 3.8) is 0 Å². The lowest BCUT2D eigenvalue weighted by molar-refractivity contribution is -0.276. The summed E-state index contributed by atoms with van der Waals surface area (Å²) in [4.78, 5) is 14.8. The molecule has 0 atom stereocenters. The quantitative estimate of drug-likeness (QED) is 0.668. The van der Waals surface area contributed by atoms with Crippen molar-refractivity contribution in [1.82, 2.24) is 4.98 Å². The summed E-state index contributed by atoms with van der Waals surface area (Å²) >= 11 is 0. The molecule has 0 amide bonds. The number of rotatable bonds is 5. The number of nitrogens with zero attached hydrogens (tertiary/aromatic N) is 1. The van der Waals surface area contributed by atoms with Crippen LogP contribution in [0.4, 0.5) is 22.0 Å². The van der Waals surface area contributed by atoms with Crippen LogP contribution in [0.3, 0.4) is 0 Å². The minimum Gasteiger partial charge on any atom is -0.462 e. The predicted octanol–water partition coefficient (Wildman–Crippen LogP) is 2.55. The van der Waals surface area contributed by atoms with Crippen LogP contribution in [-0.2, 0) is 11.3 Å². The third-order valence-corrected chi connectivity index (χ3v) is 2.24. The second kappa shape index (κ2) is 6.66. The van der Waals surface area contributed by atoms with E-state index in [1.807, 2.05) is 0 Å². The molecule has 0 saturated heterocycles. The standard InChI is InChI=1S/C11H11F5N2O3/c1-2-20-10(19)5-3-7(21-11(14,15)16)18-6(4-17)8(5)9(12)13/h3,9H,2,4,17H2,1H3. The lowest BCUT2D eigenvalue weighted by Gasteiger charge is -2.15. The number of hydrogen-bond donors (Lipinski definition) is 1. The number of halogens is 5. The normalized spacial score (nSPS) is 11.6.